The van der Waals surface area contributed by atoms with Gasteiger partial charge in [-0.05, 0) is 54.8 Å². The molecule has 2 aliphatic heterocycles. The molecule has 1 fully saturated rings. The third-order valence-electron chi connectivity index (χ3n) is 6.03. The highest BCUT2D eigenvalue weighted by atomic mass is 16.5. The highest BCUT2D eigenvalue weighted by Gasteiger charge is 2.18. The summed E-state index contributed by atoms with van der Waals surface area (Å²) in [6, 6.07) is 14.5. The molecule has 0 saturated carbocycles. The van der Waals surface area contributed by atoms with Crippen molar-refractivity contribution < 1.29 is 19.0 Å². The first-order valence-corrected chi connectivity index (χ1v) is 11.2. The molecular weight excluding hydrogens is 392 g/mol. The SMILES string of the molecule is CN(CCOc1cccc(CNC(=O)Cc2ccc3c(c2)CCO3)c1)C1CCOCC1. The molecule has 0 spiro atoms. The summed E-state index contributed by atoms with van der Waals surface area (Å²) in [5.74, 6) is 1.80. The van der Waals surface area contributed by atoms with Crippen molar-refractivity contribution in [1.29, 1.82) is 0 Å². The lowest BCUT2D eigenvalue weighted by Gasteiger charge is -2.31. The van der Waals surface area contributed by atoms with Crippen molar-refractivity contribution in [3.63, 3.8) is 0 Å². The van der Waals surface area contributed by atoms with Crippen molar-refractivity contribution in [3.8, 4) is 11.5 Å². The van der Waals surface area contributed by atoms with Gasteiger partial charge in [0.2, 0.25) is 5.91 Å². The van der Waals surface area contributed by atoms with Gasteiger partial charge in [-0.3, -0.25) is 9.69 Å². The van der Waals surface area contributed by atoms with Gasteiger partial charge >= 0.3 is 0 Å². The number of nitrogens with zero attached hydrogens (tertiary/aromatic N) is 1. The molecular formula is C25H32N2O4. The van der Waals surface area contributed by atoms with Crippen LogP contribution in [0.4, 0.5) is 0 Å². The fourth-order valence-corrected chi connectivity index (χ4v) is 4.16. The van der Waals surface area contributed by atoms with Crippen molar-refractivity contribution in [3.05, 3.63) is 59.2 Å². The molecule has 0 radical (unpaired) electrons. The number of amides is 1. The maximum Gasteiger partial charge on any atom is 0.224 e. The van der Waals surface area contributed by atoms with Crippen LogP contribution in [0.5, 0.6) is 11.5 Å². The Morgan fingerprint density at radius 3 is 2.87 bits per heavy atom. The molecule has 4 rings (SSSR count). The molecule has 166 valence electrons. The predicted octanol–water partition coefficient (Wildman–Crippen LogP) is 2.97. The second kappa shape index (κ2) is 10.6. The normalized spacial score (nSPS) is 16.1. The summed E-state index contributed by atoms with van der Waals surface area (Å²) in [5.41, 5.74) is 3.25. The van der Waals surface area contributed by atoms with Gasteiger partial charge in [-0.2, -0.15) is 0 Å². The summed E-state index contributed by atoms with van der Waals surface area (Å²) in [7, 11) is 2.15. The van der Waals surface area contributed by atoms with Gasteiger partial charge < -0.3 is 19.5 Å². The van der Waals surface area contributed by atoms with Gasteiger partial charge in [0.25, 0.3) is 0 Å². The minimum absolute atomic E-state index is 0.0169. The number of rotatable bonds is 9. The van der Waals surface area contributed by atoms with E-state index in [1.54, 1.807) is 0 Å². The number of hydrogen-bond acceptors (Lipinski definition) is 5. The van der Waals surface area contributed by atoms with Crippen LogP contribution < -0.4 is 14.8 Å². The number of benzene rings is 2. The molecule has 0 bridgehead atoms. The van der Waals surface area contributed by atoms with Crippen molar-refractivity contribution >= 4 is 5.91 Å². The average Bonchev–Trinajstić information content (AvgIpc) is 3.26. The molecule has 1 amide bonds. The Balaban J connectivity index is 1.20. The van der Waals surface area contributed by atoms with E-state index in [-0.39, 0.29) is 5.91 Å². The van der Waals surface area contributed by atoms with Gasteiger partial charge in [-0.1, -0.05) is 24.3 Å². The van der Waals surface area contributed by atoms with E-state index in [4.69, 9.17) is 14.2 Å². The molecule has 6 nitrogen and oxygen atoms in total. The Hall–Kier alpha value is -2.57. The molecule has 6 heteroatoms. The van der Waals surface area contributed by atoms with E-state index >= 15 is 0 Å². The molecule has 2 aliphatic rings. The van der Waals surface area contributed by atoms with Crippen molar-refractivity contribution in [2.75, 3.05) is 40.0 Å². The van der Waals surface area contributed by atoms with E-state index in [1.165, 1.54) is 5.56 Å². The lowest BCUT2D eigenvalue weighted by molar-refractivity contribution is -0.120. The van der Waals surface area contributed by atoms with Crippen LogP contribution in [0, 0.1) is 0 Å². The smallest absolute Gasteiger partial charge is 0.224 e. The van der Waals surface area contributed by atoms with Gasteiger partial charge in [-0.15, -0.1) is 0 Å². The van der Waals surface area contributed by atoms with E-state index in [0.29, 0.717) is 25.6 Å². The van der Waals surface area contributed by atoms with Crippen molar-refractivity contribution in [1.82, 2.24) is 10.2 Å². The molecule has 0 atom stereocenters. The fraction of sp³-hybridized carbons (Fsp3) is 0.480. The van der Waals surface area contributed by atoms with Crippen LogP contribution in [0.1, 0.15) is 29.5 Å². The van der Waals surface area contributed by atoms with Crippen molar-refractivity contribution in [2.24, 2.45) is 0 Å². The summed E-state index contributed by atoms with van der Waals surface area (Å²) in [6.07, 6.45) is 3.47. The minimum Gasteiger partial charge on any atom is -0.493 e. The second-order valence-electron chi connectivity index (χ2n) is 8.31. The minimum atomic E-state index is 0.0169. The molecule has 2 heterocycles. The Kier molecular flexibility index (Phi) is 7.43. The van der Waals surface area contributed by atoms with Crippen LogP contribution >= 0.6 is 0 Å². The average molecular weight is 425 g/mol. The first-order valence-electron chi connectivity index (χ1n) is 11.2. The summed E-state index contributed by atoms with van der Waals surface area (Å²) >= 11 is 0. The Morgan fingerprint density at radius 1 is 1.13 bits per heavy atom. The van der Waals surface area contributed by atoms with Gasteiger partial charge in [0.1, 0.15) is 18.1 Å². The van der Waals surface area contributed by atoms with Crippen LogP contribution in [0.25, 0.3) is 0 Å². The topological polar surface area (TPSA) is 60.0 Å². The lowest BCUT2D eigenvalue weighted by atomic mass is 10.1. The number of carbonyl (C=O) groups is 1. The van der Waals surface area contributed by atoms with Crippen molar-refractivity contribution in [2.45, 2.75) is 38.3 Å². The number of nitrogens with one attached hydrogen (secondary N) is 1. The van der Waals surface area contributed by atoms with Crippen LogP contribution in [0.15, 0.2) is 42.5 Å². The zero-order valence-electron chi connectivity index (χ0n) is 18.3. The summed E-state index contributed by atoms with van der Waals surface area (Å²) in [4.78, 5) is 14.7. The van der Waals surface area contributed by atoms with Gasteiger partial charge in [0, 0.05) is 38.8 Å². The zero-order chi connectivity index (χ0) is 21.5. The lowest BCUT2D eigenvalue weighted by Crippen LogP contribution is -2.38. The molecule has 31 heavy (non-hydrogen) atoms. The van der Waals surface area contributed by atoms with Gasteiger partial charge in [-0.25, -0.2) is 0 Å². The van der Waals surface area contributed by atoms with E-state index < -0.39 is 0 Å². The number of fused-ring (bicyclic) bond motifs is 1. The van der Waals surface area contributed by atoms with E-state index in [0.717, 1.165) is 68.3 Å². The fourth-order valence-electron chi connectivity index (χ4n) is 4.16. The third kappa shape index (κ3) is 6.21. The van der Waals surface area contributed by atoms with E-state index in [2.05, 4.69) is 23.3 Å². The van der Waals surface area contributed by atoms with Gasteiger partial charge in [0.05, 0.1) is 13.0 Å². The van der Waals surface area contributed by atoms with Crippen LogP contribution in [-0.2, 0) is 28.9 Å². The Bertz CT molecular complexity index is 880. The first-order chi connectivity index (χ1) is 15.2. The highest BCUT2D eigenvalue weighted by Crippen LogP contribution is 2.26. The number of hydrogen-bond donors (Lipinski definition) is 1. The monoisotopic (exact) mass is 424 g/mol. The maximum absolute atomic E-state index is 12.4. The van der Waals surface area contributed by atoms with E-state index in [1.807, 2.05) is 36.4 Å². The Labute approximate surface area is 184 Å². The number of carbonyl (C=O) groups excluding carboxylic acids is 1. The number of likely N-dealkylation sites (N-methyl/N-ethyl adjacent to an activating group) is 1. The van der Waals surface area contributed by atoms with E-state index in [9.17, 15) is 4.79 Å². The van der Waals surface area contributed by atoms with Crippen LogP contribution in [0.3, 0.4) is 0 Å². The molecule has 2 aromatic rings. The Morgan fingerprint density at radius 2 is 2.00 bits per heavy atom. The molecule has 1 saturated heterocycles. The van der Waals surface area contributed by atoms with Gasteiger partial charge in [0.15, 0.2) is 0 Å². The van der Waals surface area contributed by atoms with Crippen LogP contribution in [0.2, 0.25) is 0 Å². The summed E-state index contributed by atoms with van der Waals surface area (Å²) in [6.45, 7) is 4.46. The molecule has 2 aromatic carbocycles. The standard InChI is InChI=1S/C25H32N2O4/c1-27(22-8-11-29-12-9-22)10-14-30-23-4-2-3-20(16-23)18-26-25(28)17-19-5-6-24-21(15-19)7-13-31-24/h2-6,15-16,22H,7-14,17-18H2,1H3,(H,26,28). The molecule has 0 unspecified atom stereocenters. The summed E-state index contributed by atoms with van der Waals surface area (Å²) in [5, 5.41) is 3.01. The quantitative estimate of drug-likeness (QED) is 0.671. The molecule has 0 aliphatic carbocycles. The molecule has 0 aromatic heterocycles. The van der Waals surface area contributed by atoms with Crippen LogP contribution in [-0.4, -0.2) is 56.9 Å². The number of ether oxygens (including phenoxy) is 3. The first kappa shape index (κ1) is 21.7. The largest absolute Gasteiger partial charge is 0.493 e. The third-order valence-corrected chi connectivity index (χ3v) is 6.03. The second-order valence-corrected chi connectivity index (χ2v) is 8.31. The molecule has 1 N–H and O–H groups in total. The zero-order valence-corrected chi connectivity index (χ0v) is 18.3. The predicted molar refractivity (Wildman–Crippen MR) is 120 cm³/mol. The highest BCUT2D eigenvalue weighted by molar-refractivity contribution is 5.78. The summed E-state index contributed by atoms with van der Waals surface area (Å²) < 4.78 is 16.9. The maximum atomic E-state index is 12.4.